The van der Waals surface area contributed by atoms with Crippen molar-refractivity contribution in [3.05, 3.63) is 17.0 Å². The summed E-state index contributed by atoms with van der Waals surface area (Å²) in [5.74, 6) is 0.494. The van der Waals surface area contributed by atoms with E-state index in [9.17, 15) is 8.42 Å². The first-order valence-electron chi connectivity index (χ1n) is 7.28. The molecular weight excluding hydrogens is 292 g/mol. The van der Waals surface area contributed by atoms with Crippen molar-refractivity contribution in [2.24, 2.45) is 5.92 Å². The van der Waals surface area contributed by atoms with Gasteiger partial charge >= 0.3 is 0 Å². The molecule has 0 spiro atoms. The van der Waals surface area contributed by atoms with E-state index in [0.717, 1.165) is 30.7 Å². The van der Waals surface area contributed by atoms with Crippen molar-refractivity contribution in [1.29, 1.82) is 0 Å². The van der Waals surface area contributed by atoms with Gasteiger partial charge in [0.15, 0.2) is 0 Å². The molecule has 0 aromatic carbocycles. The molecule has 2 N–H and O–H groups in total. The topological polar surface area (TPSA) is 58.2 Å². The van der Waals surface area contributed by atoms with E-state index in [1.165, 1.54) is 24.2 Å². The molecule has 2 rings (SSSR count). The zero-order valence-corrected chi connectivity index (χ0v) is 13.8. The molecule has 1 fully saturated rings. The molecule has 0 radical (unpaired) electrons. The van der Waals surface area contributed by atoms with Crippen molar-refractivity contribution < 1.29 is 8.42 Å². The van der Waals surface area contributed by atoms with Gasteiger partial charge in [-0.25, -0.2) is 13.1 Å². The van der Waals surface area contributed by atoms with Gasteiger partial charge in [0.2, 0.25) is 10.0 Å². The van der Waals surface area contributed by atoms with Crippen molar-refractivity contribution in [3.63, 3.8) is 0 Å². The molecule has 1 saturated carbocycles. The zero-order valence-electron chi connectivity index (χ0n) is 12.2. The molecule has 114 valence electrons. The molecule has 1 aliphatic rings. The minimum Gasteiger partial charge on any atom is -0.319 e. The Labute approximate surface area is 126 Å². The first-order chi connectivity index (χ1) is 9.53. The predicted molar refractivity (Wildman–Crippen MR) is 83.7 cm³/mol. The normalized spacial score (nSPS) is 18.5. The summed E-state index contributed by atoms with van der Waals surface area (Å²) in [5, 5.41) is 3.08. The highest BCUT2D eigenvalue weighted by molar-refractivity contribution is 7.91. The van der Waals surface area contributed by atoms with Crippen LogP contribution in [0.2, 0.25) is 0 Å². The summed E-state index contributed by atoms with van der Waals surface area (Å²) in [7, 11) is -1.45. The molecule has 1 aliphatic carbocycles. The van der Waals surface area contributed by atoms with Crippen LogP contribution in [0, 0.1) is 5.92 Å². The monoisotopic (exact) mass is 316 g/mol. The minimum absolute atomic E-state index is 0.0327. The number of hydrogen-bond acceptors (Lipinski definition) is 4. The van der Waals surface area contributed by atoms with Crippen LogP contribution in [0.5, 0.6) is 0 Å². The maximum Gasteiger partial charge on any atom is 0.250 e. The van der Waals surface area contributed by atoms with Gasteiger partial charge in [0.05, 0.1) is 0 Å². The van der Waals surface area contributed by atoms with Gasteiger partial charge in [0, 0.05) is 10.9 Å². The smallest absolute Gasteiger partial charge is 0.250 e. The Hall–Kier alpha value is -0.430. The number of rotatable bonds is 7. The molecule has 1 atom stereocenters. The highest BCUT2D eigenvalue weighted by Gasteiger charge is 2.26. The van der Waals surface area contributed by atoms with Crippen LogP contribution in [0.25, 0.3) is 0 Å². The Bertz CT molecular complexity index is 519. The fraction of sp³-hybridized carbons (Fsp3) is 0.714. The summed E-state index contributed by atoms with van der Waals surface area (Å²) in [5.41, 5.74) is 0. The first kappa shape index (κ1) is 15.9. The third-order valence-corrected chi connectivity index (χ3v) is 7.17. The molecule has 0 amide bonds. The average molecular weight is 316 g/mol. The number of sulfonamides is 1. The highest BCUT2D eigenvalue weighted by Crippen LogP contribution is 2.29. The lowest BCUT2D eigenvalue weighted by Gasteiger charge is -2.19. The number of thiophene rings is 1. The van der Waals surface area contributed by atoms with Crippen molar-refractivity contribution in [3.8, 4) is 0 Å². The Morgan fingerprint density at radius 2 is 2.05 bits per heavy atom. The van der Waals surface area contributed by atoms with Gasteiger partial charge in [0.1, 0.15) is 4.21 Å². The largest absolute Gasteiger partial charge is 0.319 e. The van der Waals surface area contributed by atoms with Crippen molar-refractivity contribution in [1.82, 2.24) is 10.0 Å². The molecule has 1 aromatic heterocycles. The standard InChI is InChI=1S/C14H24N2O2S2/c1-11(12-5-3-4-6-12)16-20(17,18)14-8-7-13(19-14)9-10-15-2/h7-8,11-12,15-16H,3-6,9-10H2,1-2H3. The summed E-state index contributed by atoms with van der Waals surface area (Å²) >= 11 is 1.37. The molecule has 0 saturated heterocycles. The SMILES string of the molecule is CNCCc1ccc(S(=O)(=O)NC(C)C2CCCC2)s1. The van der Waals surface area contributed by atoms with E-state index in [0.29, 0.717) is 10.1 Å². The average Bonchev–Trinajstić information content (AvgIpc) is 3.07. The van der Waals surface area contributed by atoms with Crippen molar-refractivity contribution >= 4 is 21.4 Å². The second-order valence-corrected chi connectivity index (χ2v) is 8.64. The van der Waals surface area contributed by atoms with E-state index < -0.39 is 10.0 Å². The molecule has 0 bridgehead atoms. The van der Waals surface area contributed by atoms with Crippen LogP contribution in [0.3, 0.4) is 0 Å². The molecule has 1 aromatic rings. The maximum atomic E-state index is 12.4. The minimum atomic E-state index is -3.35. The Balaban J connectivity index is 2.00. The lowest BCUT2D eigenvalue weighted by molar-refractivity contribution is 0.424. The van der Waals surface area contributed by atoms with Crippen LogP contribution < -0.4 is 10.0 Å². The van der Waals surface area contributed by atoms with Gasteiger partial charge in [0.25, 0.3) is 0 Å². The molecular formula is C14H24N2O2S2. The molecule has 4 nitrogen and oxygen atoms in total. The van der Waals surface area contributed by atoms with Gasteiger partial charge in [-0.3, -0.25) is 0 Å². The van der Waals surface area contributed by atoms with Crippen LogP contribution in [-0.4, -0.2) is 28.1 Å². The number of nitrogens with one attached hydrogen (secondary N) is 2. The van der Waals surface area contributed by atoms with Crippen molar-refractivity contribution in [2.45, 2.75) is 49.3 Å². The summed E-state index contributed by atoms with van der Waals surface area (Å²) in [6.45, 7) is 2.86. The van der Waals surface area contributed by atoms with Crippen LogP contribution >= 0.6 is 11.3 Å². The summed E-state index contributed by atoms with van der Waals surface area (Å²) in [6.07, 6.45) is 5.60. The Morgan fingerprint density at radius 1 is 1.35 bits per heavy atom. The van der Waals surface area contributed by atoms with E-state index in [1.54, 1.807) is 6.07 Å². The summed E-state index contributed by atoms with van der Waals surface area (Å²) in [4.78, 5) is 1.10. The lowest BCUT2D eigenvalue weighted by atomic mass is 10.0. The van der Waals surface area contributed by atoms with Gasteiger partial charge in [-0.05, 0) is 57.8 Å². The van der Waals surface area contributed by atoms with Crippen LogP contribution in [0.4, 0.5) is 0 Å². The first-order valence-corrected chi connectivity index (χ1v) is 9.58. The predicted octanol–water partition coefficient (Wildman–Crippen LogP) is 2.37. The van der Waals surface area contributed by atoms with Gasteiger partial charge in [-0.15, -0.1) is 11.3 Å². The zero-order chi connectivity index (χ0) is 14.6. The van der Waals surface area contributed by atoms with E-state index in [1.807, 2.05) is 20.0 Å². The third kappa shape index (κ3) is 4.04. The van der Waals surface area contributed by atoms with E-state index in [-0.39, 0.29) is 6.04 Å². The van der Waals surface area contributed by atoms with Gasteiger partial charge in [-0.2, -0.15) is 0 Å². The quantitative estimate of drug-likeness (QED) is 0.812. The second kappa shape index (κ2) is 7.02. The Morgan fingerprint density at radius 3 is 2.70 bits per heavy atom. The lowest BCUT2D eigenvalue weighted by Crippen LogP contribution is -2.36. The van der Waals surface area contributed by atoms with E-state index in [2.05, 4.69) is 10.0 Å². The molecule has 1 unspecified atom stereocenters. The Kier molecular flexibility index (Phi) is 5.60. The van der Waals surface area contributed by atoms with E-state index in [4.69, 9.17) is 0 Å². The van der Waals surface area contributed by atoms with Gasteiger partial charge < -0.3 is 5.32 Å². The van der Waals surface area contributed by atoms with Crippen molar-refractivity contribution in [2.75, 3.05) is 13.6 Å². The number of hydrogen-bond donors (Lipinski definition) is 2. The van der Waals surface area contributed by atoms with E-state index >= 15 is 0 Å². The summed E-state index contributed by atoms with van der Waals surface area (Å²) in [6, 6.07) is 3.67. The summed E-state index contributed by atoms with van der Waals surface area (Å²) < 4.78 is 28.0. The van der Waals surface area contributed by atoms with Gasteiger partial charge in [-0.1, -0.05) is 12.8 Å². The third-order valence-electron chi connectivity index (χ3n) is 3.97. The second-order valence-electron chi connectivity index (χ2n) is 5.53. The van der Waals surface area contributed by atoms with Crippen LogP contribution in [0.1, 0.15) is 37.5 Å². The highest BCUT2D eigenvalue weighted by atomic mass is 32.2. The molecule has 20 heavy (non-hydrogen) atoms. The fourth-order valence-electron chi connectivity index (χ4n) is 2.74. The van der Waals surface area contributed by atoms with Crippen LogP contribution in [0.15, 0.2) is 16.3 Å². The number of likely N-dealkylation sites (N-methyl/N-ethyl adjacent to an activating group) is 1. The maximum absolute atomic E-state index is 12.4. The van der Waals surface area contributed by atoms with Crippen LogP contribution in [-0.2, 0) is 16.4 Å². The molecule has 6 heteroatoms. The fourth-order valence-corrected chi connectivity index (χ4v) is 5.43. The molecule has 0 aliphatic heterocycles. The molecule has 1 heterocycles.